The van der Waals surface area contributed by atoms with Gasteiger partial charge in [-0.05, 0) is 6.42 Å². The third kappa shape index (κ3) is 3.89. The summed E-state index contributed by atoms with van der Waals surface area (Å²) in [5, 5.41) is 61.4. The van der Waals surface area contributed by atoms with Gasteiger partial charge in [0, 0.05) is 18.9 Å². The van der Waals surface area contributed by atoms with Crippen LogP contribution in [-0.4, -0.2) is 111 Å². The van der Waals surface area contributed by atoms with Crippen LogP contribution >= 0.6 is 0 Å². The molecule has 0 bridgehead atoms. The molecule has 4 rings (SSSR count). The van der Waals surface area contributed by atoms with Gasteiger partial charge in [-0.1, -0.05) is 19.1 Å². The van der Waals surface area contributed by atoms with Crippen molar-refractivity contribution in [1.82, 2.24) is 0 Å². The molecule has 9 unspecified atom stereocenters. The normalized spacial score (nSPS) is 52.4. The zero-order valence-electron chi connectivity index (χ0n) is 18.4. The molecule has 3 fully saturated rings. The van der Waals surface area contributed by atoms with E-state index in [-0.39, 0.29) is 12.2 Å². The van der Waals surface area contributed by atoms with Gasteiger partial charge in [0.25, 0.3) is 0 Å². The minimum atomic E-state index is -1.66. The molecule has 0 radical (unpaired) electrons. The second kappa shape index (κ2) is 9.40. The molecule has 33 heavy (non-hydrogen) atoms. The van der Waals surface area contributed by atoms with Gasteiger partial charge >= 0.3 is 0 Å². The van der Waals surface area contributed by atoms with E-state index in [1.54, 1.807) is 19.1 Å². The number of hydrogen-bond donors (Lipinski definition) is 6. The Morgan fingerprint density at radius 1 is 0.939 bits per heavy atom. The number of methoxy groups -OCH3 is 1. The van der Waals surface area contributed by atoms with Crippen molar-refractivity contribution in [3.63, 3.8) is 0 Å². The third-order valence-electron chi connectivity index (χ3n) is 7.78. The van der Waals surface area contributed by atoms with Crippen LogP contribution in [0.3, 0.4) is 0 Å². The Bertz CT molecular complexity index is 784. The predicted molar refractivity (Wildman–Crippen MR) is 108 cm³/mol. The minimum absolute atomic E-state index is 0.239. The van der Waals surface area contributed by atoms with Crippen LogP contribution in [0.2, 0.25) is 0 Å². The summed E-state index contributed by atoms with van der Waals surface area (Å²) in [6.07, 6.45) is -8.37. The number of aliphatic hydroxyl groups excluding tert-OH is 6. The summed E-state index contributed by atoms with van der Waals surface area (Å²) in [4.78, 5) is 27.0. The summed E-state index contributed by atoms with van der Waals surface area (Å²) in [5.74, 6) is -5.44. The molecule has 186 valence electrons. The van der Waals surface area contributed by atoms with Crippen molar-refractivity contribution in [3.8, 4) is 0 Å². The number of rotatable bonds is 4. The van der Waals surface area contributed by atoms with Crippen LogP contribution < -0.4 is 0 Å². The van der Waals surface area contributed by atoms with Gasteiger partial charge in [0.2, 0.25) is 0 Å². The first kappa shape index (κ1) is 24.8. The minimum Gasteiger partial charge on any atom is -0.394 e. The number of hydrogen-bond acceptors (Lipinski definition) is 11. The quantitative estimate of drug-likeness (QED) is 0.231. The maximum atomic E-state index is 13.6. The van der Waals surface area contributed by atoms with Gasteiger partial charge in [-0.2, -0.15) is 0 Å². The molecule has 11 nitrogen and oxygen atoms in total. The summed E-state index contributed by atoms with van der Waals surface area (Å²) >= 11 is 0. The first-order valence-electron chi connectivity index (χ1n) is 11.2. The van der Waals surface area contributed by atoms with Crippen LogP contribution in [0.25, 0.3) is 0 Å². The molecule has 0 spiro atoms. The Morgan fingerprint density at radius 3 is 2.24 bits per heavy atom. The van der Waals surface area contributed by atoms with Crippen molar-refractivity contribution in [1.29, 1.82) is 0 Å². The summed E-state index contributed by atoms with van der Waals surface area (Å²) in [6.45, 7) is 1.01. The van der Waals surface area contributed by atoms with E-state index >= 15 is 0 Å². The molecule has 11 heteroatoms. The van der Waals surface area contributed by atoms with E-state index in [1.807, 2.05) is 0 Å². The molecule has 0 amide bonds. The van der Waals surface area contributed by atoms with Crippen LogP contribution in [0.15, 0.2) is 12.2 Å². The van der Waals surface area contributed by atoms with Crippen molar-refractivity contribution < 1.29 is 54.4 Å². The first-order valence-corrected chi connectivity index (χ1v) is 11.2. The lowest BCUT2D eigenvalue weighted by atomic mass is 9.55. The van der Waals surface area contributed by atoms with E-state index in [0.29, 0.717) is 0 Å². The SMILES string of the molecule is COC1C(C)C(O)C2C(=O)C3C(O[C@@H]4O[C@H](CO)[C@@H](O)[C@H](O)[C@H]4O)C=CCC3C(=O)C2C1O. The van der Waals surface area contributed by atoms with Crippen molar-refractivity contribution in [3.05, 3.63) is 12.2 Å². The number of Topliss-reactive ketones (excluding diaryl/α,β-unsaturated/α-hetero) is 2. The van der Waals surface area contributed by atoms with Gasteiger partial charge in [-0.15, -0.1) is 0 Å². The number of carbonyl (C=O) groups excluding carboxylic acids is 2. The van der Waals surface area contributed by atoms with E-state index in [2.05, 4.69) is 0 Å². The smallest absolute Gasteiger partial charge is 0.187 e. The van der Waals surface area contributed by atoms with Crippen molar-refractivity contribution >= 4 is 11.6 Å². The molecular formula is C22H32O11. The van der Waals surface area contributed by atoms with E-state index < -0.39 is 97.1 Å². The molecule has 1 aliphatic heterocycles. The standard InChI is InChI=1S/C22H32O11/c1-7-14(24)12-13(18(28)21(7)31-2)15(25)8-4-3-5-9(11(8)17(12)27)32-22-20(30)19(29)16(26)10(6-23)33-22/h3,5,7-14,16,18-24,26,28-30H,4,6H2,1-2H3/t7?,8?,9?,10-,11?,12?,13?,14?,16-,18?,19+,20-,21?,22-/m1/s1. The van der Waals surface area contributed by atoms with Crippen LogP contribution in [0, 0.1) is 29.6 Å². The Labute approximate surface area is 190 Å². The van der Waals surface area contributed by atoms with Gasteiger partial charge in [-0.3, -0.25) is 9.59 Å². The molecule has 0 aromatic heterocycles. The van der Waals surface area contributed by atoms with E-state index in [0.717, 1.165) is 0 Å². The summed E-state index contributed by atoms with van der Waals surface area (Å²) in [6, 6.07) is 0. The summed E-state index contributed by atoms with van der Waals surface area (Å²) < 4.78 is 16.5. The lowest BCUT2D eigenvalue weighted by Crippen LogP contribution is -2.66. The number of ether oxygens (including phenoxy) is 3. The molecule has 14 atom stereocenters. The number of ketones is 2. The Morgan fingerprint density at radius 2 is 1.61 bits per heavy atom. The number of aliphatic hydroxyl groups is 6. The van der Waals surface area contributed by atoms with Gasteiger partial charge in [-0.25, -0.2) is 0 Å². The van der Waals surface area contributed by atoms with Crippen molar-refractivity contribution in [2.75, 3.05) is 13.7 Å². The average Bonchev–Trinajstić information content (AvgIpc) is 2.80. The van der Waals surface area contributed by atoms with E-state index in [4.69, 9.17) is 14.2 Å². The van der Waals surface area contributed by atoms with Crippen molar-refractivity contribution in [2.24, 2.45) is 29.6 Å². The maximum absolute atomic E-state index is 13.6. The molecule has 0 aromatic carbocycles. The molecule has 2 saturated carbocycles. The van der Waals surface area contributed by atoms with Gasteiger partial charge in [0.15, 0.2) is 6.29 Å². The second-order valence-corrected chi connectivity index (χ2v) is 9.49. The zero-order chi connectivity index (χ0) is 24.2. The number of allylic oxidation sites excluding steroid dienone is 1. The molecule has 0 aromatic rings. The Balaban J connectivity index is 1.61. The van der Waals surface area contributed by atoms with Gasteiger partial charge < -0.3 is 44.8 Å². The predicted octanol–water partition coefficient (Wildman–Crippen LogP) is -2.87. The lowest BCUT2D eigenvalue weighted by molar-refractivity contribution is -0.311. The monoisotopic (exact) mass is 472 g/mol. The number of fused-ring (bicyclic) bond motifs is 2. The first-order chi connectivity index (χ1) is 15.6. The van der Waals surface area contributed by atoms with Gasteiger partial charge in [0.05, 0.1) is 48.8 Å². The molecular weight excluding hydrogens is 440 g/mol. The van der Waals surface area contributed by atoms with Gasteiger partial charge in [0.1, 0.15) is 36.0 Å². The highest BCUT2D eigenvalue weighted by atomic mass is 16.7. The molecule has 1 saturated heterocycles. The fourth-order valence-electron chi connectivity index (χ4n) is 5.95. The van der Waals surface area contributed by atoms with E-state index in [9.17, 15) is 40.2 Å². The highest BCUT2D eigenvalue weighted by Gasteiger charge is 2.62. The average molecular weight is 472 g/mol. The van der Waals surface area contributed by atoms with Crippen LogP contribution in [-0.2, 0) is 23.8 Å². The zero-order valence-corrected chi connectivity index (χ0v) is 18.4. The van der Waals surface area contributed by atoms with E-state index in [1.165, 1.54) is 7.11 Å². The highest BCUT2D eigenvalue weighted by molar-refractivity contribution is 6.01. The van der Waals surface area contributed by atoms with Crippen LogP contribution in [0.1, 0.15) is 13.3 Å². The fraction of sp³-hybridized carbons (Fsp3) is 0.818. The highest BCUT2D eigenvalue weighted by Crippen LogP contribution is 2.48. The lowest BCUT2D eigenvalue weighted by Gasteiger charge is -2.52. The topological polar surface area (TPSA) is 183 Å². The third-order valence-corrected chi connectivity index (χ3v) is 7.78. The maximum Gasteiger partial charge on any atom is 0.187 e. The largest absolute Gasteiger partial charge is 0.394 e. The fourth-order valence-corrected chi connectivity index (χ4v) is 5.95. The number of carbonyl (C=O) groups is 2. The molecule has 4 aliphatic rings. The second-order valence-electron chi connectivity index (χ2n) is 9.49. The Hall–Kier alpha value is -1.28. The van der Waals surface area contributed by atoms with Crippen molar-refractivity contribution in [2.45, 2.75) is 68.5 Å². The molecule has 6 N–H and O–H groups in total. The van der Waals surface area contributed by atoms with Crippen LogP contribution in [0.5, 0.6) is 0 Å². The molecule has 3 aliphatic carbocycles. The van der Waals surface area contributed by atoms with Crippen LogP contribution in [0.4, 0.5) is 0 Å². The summed E-state index contributed by atoms with van der Waals surface area (Å²) in [7, 11) is 1.38. The summed E-state index contributed by atoms with van der Waals surface area (Å²) in [5.41, 5.74) is 0. The Kier molecular flexibility index (Phi) is 7.08. The molecule has 1 heterocycles.